The van der Waals surface area contributed by atoms with Gasteiger partial charge >= 0.3 is 0 Å². The monoisotopic (exact) mass is 313 g/mol. The molecule has 0 unspecified atom stereocenters. The molecule has 2 heterocycles. The van der Waals surface area contributed by atoms with E-state index in [0.29, 0.717) is 6.54 Å². The van der Waals surface area contributed by atoms with Gasteiger partial charge in [0.15, 0.2) is 0 Å². The molecule has 1 aliphatic heterocycles. The van der Waals surface area contributed by atoms with Crippen molar-refractivity contribution in [2.45, 2.75) is 32.6 Å². The lowest BCUT2D eigenvalue weighted by Gasteiger charge is -2.23. The van der Waals surface area contributed by atoms with E-state index in [2.05, 4.69) is 9.97 Å². The third-order valence-electron chi connectivity index (χ3n) is 4.27. The highest BCUT2D eigenvalue weighted by molar-refractivity contribution is 5.93. The van der Waals surface area contributed by atoms with Crippen molar-refractivity contribution in [1.82, 2.24) is 14.9 Å². The van der Waals surface area contributed by atoms with Crippen LogP contribution in [0.25, 0.3) is 11.0 Å². The number of aromatic amines is 1. The van der Waals surface area contributed by atoms with Gasteiger partial charge < -0.3 is 14.6 Å². The van der Waals surface area contributed by atoms with Crippen molar-refractivity contribution in [3.63, 3.8) is 0 Å². The molecule has 0 aliphatic carbocycles. The van der Waals surface area contributed by atoms with E-state index in [4.69, 9.17) is 4.74 Å². The third kappa shape index (κ3) is 3.55. The number of allylic oxidation sites excluding steroid dienone is 1. The zero-order valence-corrected chi connectivity index (χ0v) is 13.8. The van der Waals surface area contributed by atoms with Gasteiger partial charge in [-0.05, 0) is 38.3 Å². The molecule has 0 fully saturated rings. The van der Waals surface area contributed by atoms with Crippen LogP contribution in [-0.4, -0.2) is 41.0 Å². The fraction of sp³-hybridized carbons (Fsp3) is 0.444. The highest BCUT2D eigenvalue weighted by Gasteiger charge is 2.20. The molecule has 3 rings (SSSR count). The molecule has 2 aromatic rings. The lowest BCUT2D eigenvalue weighted by Crippen LogP contribution is -2.31. The number of nitrogens with zero attached hydrogens (tertiary/aromatic N) is 2. The molecule has 1 amide bonds. The summed E-state index contributed by atoms with van der Waals surface area (Å²) in [7, 11) is 1.86. The average molecular weight is 313 g/mol. The second-order valence-corrected chi connectivity index (χ2v) is 6.02. The molecule has 0 spiro atoms. The van der Waals surface area contributed by atoms with Gasteiger partial charge in [-0.25, -0.2) is 4.98 Å². The summed E-state index contributed by atoms with van der Waals surface area (Å²) in [6, 6.07) is 8.02. The Morgan fingerprint density at radius 3 is 3.00 bits per heavy atom. The van der Waals surface area contributed by atoms with E-state index in [1.54, 1.807) is 4.90 Å². The Morgan fingerprint density at radius 2 is 2.22 bits per heavy atom. The molecule has 1 aliphatic rings. The molecule has 0 bridgehead atoms. The number of amides is 1. The first kappa shape index (κ1) is 15.6. The molecule has 1 aromatic carbocycles. The van der Waals surface area contributed by atoms with Gasteiger partial charge in [-0.1, -0.05) is 12.1 Å². The van der Waals surface area contributed by atoms with E-state index in [1.165, 1.54) is 0 Å². The lowest BCUT2D eigenvalue weighted by molar-refractivity contribution is -0.126. The molecular formula is C18H23N3O2. The molecule has 122 valence electrons. The SMILES string of the molecule is CC1=C(C(=O)N(C)CCCc2nc3ccccc3[nH]2)CCCO1. The zero-order valence-electron chi connectivity index (χ0n) is 13.8. The molecule has 1 aromatic heterocycles. The van der Waals surface area contributed by atoms with Gasteiger partial charge in [-0.2, -0.15) is 0 Å². The summed E-state index contributed by atoms with van der Waals surface area (Å²) in [5, 5.41) is 0. The standard InChI is InChI=1S/C18H23N3O2/c1-13-14(7-6-12-23-13)18(22)21(2)11-5-10-17-19-15-8-3-4-9-16(15)20-17/h3-4,8-9H,5-7,10-12H2,1-2H3,(H,19,20). The number of imidazole rings is 1. The maximum Gasteiger partial charge on any atom is 0.252 e. The number of hydrogen-bond donors (Lipinski definition) is 1. The van der Waals surface area contributed by atoms with Gasteiger partial charge in [0.1, 0.15) is 11.6 Å². The van der Waals surface area contributed by atoms with Crippen LogP contribution < -0.4 is 0 Å². The molecule has 5 heteroatoms. The first-order valence-electron chi connectivity index (χ1n) is 8.17. The van der Waals surface area contributed by atoms with E-state index in [1.807, 2.05) is 38.2 Å². The van der Waals surface area contributed by atoms with Crippen LogP contribution in [0.3, 0.4) is 0 Å². The van der Waals surface area contributed by atoms with E-state index < -0.39 is 0 Å². The van der Waals surface area contributed by atoms with Gasteiger partial charge in [0.05, 0.1) is 23.2 Å². The number of aryl methyl sites for hydroxylation is 1. The van der Waals surface area contributed by atoms with Crippen LogP contribution in [0.1, 0.15) is 32.0 Å². The maximum atomic E-state index is 12.5. The van der Waals surface area contributed by atoms with Crippen LogP contribution in [0, 0.1) is 0 Å². The number of rotatable bonds is 5. The van der Waals surface area contributed by atoms with Crippen molar-refractivity contribution in [2.24, 2.45) is 0 Å². The van der Waals surface area contributed by atoms with Crippen LogP contribution in [0.4, 0.5) is 0 Å². The molecule has 0 atom stereocenters. The van der Waals surface area contributed by atoms with Gasteiger partial charge in [0.2, 0.25) is 0 Å². The minimum absolute atomic E-state index is 0.0896. The summed E-state index contributed by atoms with van der Waals surface area (Å²) in [5.41, 5.74) is 2.88. The number of hydrogen-bond acceptors (Lipinski definition) is 3. The number of ether oxygens (including phenoxy) is 1. The number of benzene rings is 1. The van der Waals surface area contributed by atoms with Crippen LogP contribution in [-0.2, 0) is 16.0 Å². The van der Waals surface area contributed by atoms with Crippen molar-refractivity contribution < 1.29 is 9.53 Å². The highest BCUT2D eigenvalue weighted by atomic mass is 16.5. The number of likely N-dealkylation sites (N-methyl/N-ethyl adjacent to an activating group) is 1. The topological polar surface area (TPSA) is 58.2 Å². The molecule has 5 nitrogen and oxygen atoms in total. The molecule has 0 radical (unpaired) electrons. The van der Waals surface area contributed by atoms with E-state index >= 15 is 0 Å². The fourth-order valence-electron chi connectivity index (χ4n) is 2.93. The summed E-state index contributed by atoms with van der Waals surface area (Å²) in [4.78, 5) is 22.1. The third-order valence-corrected chi connectivity index (χ3v) is 4.27. The number of H-pyrrole nitrogens is 1. The van der Waals surface area contributed by atoms with E-state index in [9.17, 15) is 4.79 Å². The first-order chi connectivity index (χ1) is 11.1. The zero-order chi connectivity index (χ0) is 16.2. The minimum Gasteiger partial charge on any atom is -0.498 e. The predicted octanol–water partition coefficient (Wildman–Crippen LogP) is 3.04. The van der Waals surface area contributed by atoms with Crippen molar-refractivity contribution in [1.29, 1.82) is 0 Å². The smallest absolute Gasteiger partial charge is 0.252 e. The minimum atomic E-state index is 0.0896. The van der Waals surface area contributed by atoms with E-state index in [-0.39, 0.29) is 5.91 Å². The average Bonchev–Trinajstić information content (AvgIpc) is 2.97. The lowest BCUT2D eigenvalue weighted by atomic mass is 10.1. The van der Waals surface area contributed by atoms with Crippen molar-refractivity contribution in [3.8, 4) is 0 Å². The van der Waals surface area contributed by atoms with Crippen molar-refractivity contribution in [3.05, 3.63) is 41.4 Å². The largest absolute Gasteiger partial charge is 0.498 e. The predicted molar refractivity (Wildman–Crippen MR) is 89.9 cm³/mol. The van der Waals surface area contributed by atoms with E-state index in [0.717, 1.165) is 60.5 Å². The van der Waals surface area contributed by atoms with Gasteiger partial charge in [-0.15, -0.1) is 0 Å². The Labute approximate surface area is 136 Å². The number of para-hydroxylation sites is 2. The summed E-state index contributed by atoms with van der Waals surface area (Å²) in [6.45, 7) is 3.32. The number of carbonyl (C=O) groups is 1. The van der Waals surface area contributed by atoms with Crippen LogP contribution in [0.15, 0.2) is 35.6 Å². The summed E-state index contributed by atoms with van der Waals surface area (Å²) in [5.74, 6) is 1.85. The normalized spacial score (nSPS) is 14.9. The number of carbonyl (C=O) groups excluding carboxylic acids is 1. The van der Waals surface area contributed by atoms with Crippen LogP contribution in [0.2, 0.25) is 0 Å². The molecule has 0 saturated heterocycles. The second-order valence-electron chi connectivity index (χ2n) is 6.02. The molecule has 23 heavy (non-hydrogen) atoms. The van der Waals surface area contributed by atoms with Gasteiger partial charge in [0, 0.05) is 20.0 Å². The Kier molecular flexibility index (Phi) is 4.65. The summed E-state index contributed by atoms with van der Waals surface area (Å²) >= 11 is 0. The fourth-order valence-corrected chi connectivity index (χ4v) is 2.93. The van der Waals surface area contributed by atoms with Gasteiger partial charge in [-0.3, -0.25) is 4.79 Å². The summed E-state index contributed by atoms with van der Waals surface area (Å²) in [6.07, 6.45) is 3.46. The molecule has 1 N–H and O–H groups in total. The second kappa shape index (κ2) is 6.86. The van der Waals surface area contributed by atoms with Crippen molar-refractivity contribution in [2.75, 3.05) is 20.2 Å². The molecule has 0 saturated carbocycles. The maximum absolute atomic E-state index is 12.5. The van der Waals surface area contributed by atoms with Crippen LogP contribution in [0.5, 0.6) is 0 Å². The van der Waals surface area contributed by atoms with Crippen molar-refractivity contribution >= 4 is 16.9 Å². The Morgan fingerprint density at radius 1 is 1.39 bits per heavy atom. The number of fused-ring (bicyclic) bond motifs is 1. The van der Waals surface area contributed by atoms with Crippen LogP contribution >= 0.6 is 0 Å². The Bertz CT molecular complexity index is 700. The highest BCUT2D eigenvalue weighted by Crippen LogP contribution is 2.20. The molecular weight excluding hydrogens is 290 g/mol. The Hall–Kier alpha value is -2.30. The number of aromatic nitrogens is 2. The number of nitrogens with one attached hydrogen (secondary N) is 1. The Balaban J connectivity index is 1.54. The van der Waals surface area contributed by atoms with Gasteiger partial charge in [0.25, 0.3) is 5.91 Å². The quantitative estimate of drug-likeness (QED) is 0.923. The first-order valence-corrected chi connectivity index (χ1v) is 8.17. The summed E-state index contributed by atoms with van der Waals surface area (Å²) < 4.78 is 5.49.